The largest absolute Gasteiger partial charge is 0.398 e. The van der Waals surface area contributed by atoms with Crippen molar-refractivity contribution in [1.29, 1.82) is 0 Å². The van der Waals surface area contributed by atoms with Gasteiger partial charge in [-0.05, 0) is 41.4 Å². The Labute approximate surface area is 118 Å². The SMILES string of the molecule is CC(C)N1CCN(Cc2cccc(N)c2Br)CC1. The molecule has 1 aromatic rings. The lowest BCUT2D eigenvalue weighted by Gasteiger charge is -2.37. The number of piperazine rings is 1. The zero-order valence-corrected chi connectivity index (χ0v) is 12.8. The van der Waals surface area contributed by atoms with Crippen molar-refractivity contribution in [2.45, 2.75) is 26.4 Å². The summed E-state index contributed by atoms with van der Waals surface area (Å²) in [6.07, 6.45) is 0. The molecule has 0 aliphatic carbocycles. The lowest BCUT2D eigenvalue weighted by atomic mass is 10.1. The number of nitrogens with two attached hydrogens (primary N) is 1. The second-order valence-corrected chi connectivity index (χ2v) is 6.02. The van der Waals surface area contributed by atoms with Crippen LogP contribution in [0.25, 0.3) is 0 Å². The standard InChI is InChI=1S/C14H22BrN3/c1-11(2)18-8-6-17(7-9-18)10-12-4-3-5-13(16)14(12)15/h3-5,11H,6-10,16H2,1-2H3. The first-order valence-electron chi connectivity index (χ1n) is 6.57. The Kier molecular flexibility index (Phi) is 4.65. The molecular formula is C14H22BrN3. The fourth-order valence-corrected chi connectivity index (χ4v) is 2.79. The van der Waals surface area contributed by atoms with E-state index < -0.39 is 0 Å². The molecule has 1 aliphatic heterocycles. The van der Waals surface area contributed by atoms with Crippen molar-refractivity contribution >= 4 is 21.6 Å². The number of hydrogen-bond donors (Lipinski definition) is 1. The zero-order valence-electron chi connectivity index (χ0n) is 11.2. The third-order valence-electron chi connectivity index (χ3n) is 3.64. The number of rotatable bonds is 3. The van der Waals surface area contributed by atoms with Gasteiger partial charge in [0, 0.05) is 48.9 Å². The highest BCUT2D eigenvalue weighted by atomic mass is 79.9. The van der Waals surface area contributed by atoms with Crippen LogP contribution in [0.15, 0.2) is 22.7 Å². The Morgan fingerprint density at radius 3 is 2.50 bits per heavy atom. The third-order valence-corrected chi connectivity index (χ3v) is 4.61. The average molecular weight is 312 g/mol. The molecule has 1 aliphatic rings. The second kappa shape index (κ2) is 6.04. The van der Waals surface area contributed by atoms with Crippen LogP contribution in [0, 0.1) is 0 Å². The van der Waals surface area contributed by atoms with Crippen LogP contribution >= 0.6 is 15.9 Å². The van der Waals surface area contributed by atoms with Gasteiger partial charge in [0.15, 0.2) is 0 Å². The molecular weight excluding hydrogens is 290 g/mol. The molecule has 0 radical (unpaired) electrons. The summed E-state index contributed by atoms with van der Waals surface area (Å²) in [7, 11) is 0. The summed E-state index contributed by atoms with van der Waals surface area (Å²) < 4.78 is 1.05. The smallest absolute Gasteiger partial charge is 0.0461 e. The molecule has 1 saturated heterocycles. The van der Waals surface area contributed by atoms with Crippen molar-refractivity contribution in [3.63, 3.8) is 0 Å². The summed E-state index contributed by atoms with van der Waals surface area (Å²) >= 11 is 3.58. The highest BCUT2D eigenvalue weighted by Gasteiger charge is 2.19. The Morgan fingerprint density at radius 1 is 1.22 bits per heavy atom. The monoisotopic (exact) mass is 311 g/mol. The predicted molar refractivity (Wildman–Crippen MR) is 80.5 cm³/mol. The third kappa shape index (κ3) is 3.25. The molecule has 0 aromatic heterocycles. The lowest BCUT2D eigenvalue weighted by molar-refractivity contribution is 0.104. The van der Waals surface area contributed by atoms with Gasteiger partial charge in [-0.2, -0.15) is 0 Å². The molecule has 0 unspecified atom stereocenters. The van der Waals surface area contributed by atoms with Crippen LogP contribution in [0.1, 0.15) is 19.4 Å². The second-order valence-electron chi connectivity index (χ2n) is 5.23. The summed E-state index contributed by atoms with van der Waals surface area (Å²) in [5.74, 6) is 0. The van der Waals surface area contributed by atoms with Crippen LogP contribution < -0.4 is 5.73 Å². The number of hydrogen-bond acceptors (Lipinski definition) is 3. The summed E-state index contributed by atoms with van der Waals surface area (Å²) in [4.78, 5) is 5.03. The van der Waals surface area contributed by atoms with Crippen LogP contribution in [0.5, 0.6) is 0 Å². The maximum atomic E-state index is 5.91. The van der Waals surface area contributed by atoms with Crippen molar-refractivity contribution in [3.8, 4) is 0 Å². The highest BCUT2D eigenvalue weighted by Crippen LogP contribution is 2.25. The molecule has 1 heterocycles. The number of benzene rings is 1. The maximum absolute atomic E-state index is 5.91. The summed E-state index contributed by atoms with van der Waals surface area (Å²) in [5, 5.41) is 0. The molecule has 0 bridgehead atoms. The molecule has 100 valence electrons. The van der Waals surface area contributed by atoms with E-state index in [9.17, 15) is 0 Å². The minimum atomic E-state index is 0.659. The molecule has 2 N–H and O–H groups in total. The molecule has 0 amide bonds. The van der Waals surface area contributed by atoms with Crippen molar-refractivity contribution in [1.82, 2.24) is 9.80 Å². The quantitative estimate of drug-likeness (QED) is 0.871. The summed E-state index contributed by atoms with van der Waals surface area (Å²) in [6.45, 7) is 10.1. The van der Waals surface area contributed by atoms with Crippen molar-refractivity contribution in [2.75, 3.05) is 31.9 Å². The van der Waals surface area contributed by atoms with Crippen LogP contribution in [-0.2, 0) is 6.54 Å². The minimum absolute atomic E-state index is 0.659. The van der Waals surface area contributed by atoms with E-state index in [1.807, 2.05) is 12.1 Å². The topological polar surface area (TPSA) is 32.5 Å². The van der Waals surface area contributed by atoms with E-state index in [0.29, 0.717) is 6.04 Å². The zero-order chi connectivity index (χ0) is 13.1. The van der Waals surface area contributed by atoms with E-state index in [-0.39, 0.29) is 0 Å². The van der Waals surface area contributed by atoms with E-state index >= 15 is 0 Å². The predicted octanol–water partition coefficient (Wildman–Crippen LogP) is 2.56. The van der Waals surface area contributed by atoms with Gasteiger partial charge >= 0.3 is 0 Å². The number of anilines is 1. The van der Waals surface area contributed by atoms with Crippen molar-refractivity contribution in [2.24, 2.45) is 0 Å². The fraction of sp³-hybridized carbons (Fsp3) is 0.571. The lowest BCUT2D eigenvalue weighted by Crippen LogP contribution is -2.48. The first-order chi connectivity index (χ1) is 8.58. The van der Waals surface area contributed by atoms with E-state index in [1.54, 1.807) is 0 Å². The minimum Gasteiger partial charge on any atom is -0.398 e. The van der Waals surface area contributed by atoms with Gasteiger partial charge in [0.2, 0.25) is 0 Å². The Balaban J connectivity index is 1.94. The maximum Gasteiger partial charge on any atom is 0.0461 e. The normalized spacial score (nSPS) is 18.4. The van der Waals surface area contributed by atoms with E-state index in [0.717, 1.165) is 42.9 Å². The molecule has 1 fully saturated rings. The first kappa shape index (κ1) is 13.8. The van der Waals surface area contributed by atoms with Gasteiger partial charge < -0.3 is 5.73 Å². The first-order valence-corrected chi connectivity index (χ1v) is 7.36. The van der Waals surface area contributed by atoms with E-state index in [4.69, 9.17) is 5.73 Å². The van der Waals surface area contributed by atoms with E-state index in [2.05, 4.69) is 45.6 Å². The molecule has 2 rings (SSSR count). The van der Waals surface area contributed by atoms with Crippen LogP contribution in [0.4, 0.5) is 5.69 Å². The average Bonchev–Trinajstić information content (AvgIpc) is 2.36. The van der Waals surface area contributed by atoms with Gasteiger partial charge in [0.05, 0.1) is 0 Å². The Bertz CT molecular complexity index is 398. The molecule has 0 atom stereocenters. The van der Waals surface area contributed by atoms with Crippen molar-refractivity contribution in [3.05, 3.63) is 28.2 Å². The van der Waals surface area contributed by atoms with Crippen LogP contribution in [0.2, 0.25) is 0 Å². The molecule has 4 heteroatoms. The van der Waals surface area contributed by atoms with Crippen LogP contribution in [-0.4, -0.2) is 42.0 Å². The van der Waals surface area contributed by atoms with Gasteiger partial charge in [-0.3, -0.25) is 9.80 Å². The van der Waals surface area contributed by atoms with Crippen molar-refractivity contribution < 1.29 is 0 Å². The number of nitrogens with zero attached hydrogens (tertiary/aromatic N) is 2. The Hall–Kier alpha value is -0.580. The molecule has 18 heavy (non-hydrogen) atoms. The van der Waals surface area contributed by atoms with Gasteiger partial charge in [-0.25, -0.2) is 0 Å². The van der Waals surface area contributed by atoms with Gasteiger partial charge in [-0.1, -0.05) is 12.1 Å². The summed E-state index contributed by atoms with van der Waals surface area (Å²) in [6, 6.07) is 6.77. The van der Waals surface area contributed by atoms with Crippen LogP contribution in [0.3, 0.4) is 0 Å². The highest BCUT2D eigenvalue weighted by molar-refractivity contribution is 9.10. The molecule has 0 spiro atoms. The van der Waals surface area contributed by atoms with Gasteiger partial charge in [0.25, 0.3) is 0 Å². The molecule has 0 saturated carbocycles. The number of nitrogen functional groups attached to an aromatic ring is 1. The number of halogens is 1. The van der Waals surface area contributed by atoms with Gasteiger partial charge in [0.1, 0.15) is 0 Å². The van der Waals surface area contributed by atoms with Gasteiger partial charge in [-0.15, -0.1) is 0 Å². The molecule has 3 nitrogen and oxygen atoms in total. The Morgan fingerprint density at radius 2 is 1.89 bits per heavy atom. The van der Waals surface area contributed by atoms with E-state index in [1.165, 1.54) is 5.56 Å². The molecule has 1 aromatic carbocycles. The summed E-state index contributed by atoms with van der Waals surface area (Å²) in [5.41, 5.74) is 8.03. The fourth-order valence-electron chi connectivity index (χ4n) is 2.40.